The molecule has 0 amide bonds. The lowest BCUT2D eigenvalue weighted by molar-refractivity contribution is 0.00578. The van der Waals surface area contributed by atoms with E-state index in [1.165, 1.54) is 13.8 Å². The first-order chi connectivity index (χ1) is 11.8. The summed E-state index contributed by atoms with van der Waals surface area (Å²) < 4.78 is 27.8. The molecular weight excluding hydrogens is 377 g/mol. The fourth-order valence-electron chi connectivity index (χ4n) is 2.69. The van der Waals surface area contributed by atoms with Crippen LogP contribution in [0, 0.1) is 0 Å². The maximum atomic E-state index is 14.2. The van der Waals surface area contributed by atoms with Crippen LogP contribution in [0.4, 0.5) is 4.39 Å². The molecule has 0 N–H and O–H groups in total. The van der Waals surface area contributed by atoms with Crippen LogP contribution in [-0.2, 0) is 15.0 Å². The number of benzene rings is 1. The van der Waals surface area contributed by atoms with Gasteiger partial charge in [-0.2, -0.15) is 5.10 Å². The van der Waals surface area contributed by atoms with E-state index in [4.69, 9.17) is 32.5 Å². The van der Waals surface area contributed by atoms with E-state index in [0.717, 1.165) is 5.46 Å². The summed E-state index contributed by atoms with van der Waals surface area (Å²) in [5.41, 5.74) is -0.763. The second-order valence-corrected chi connectivity index (χ2v) is 8.88. The molecule has 0 unspecified atom stereocenters. The third-order valence-corrected chi connectivity index (χ3v) is 5.64. The zero-order valence-electron chi connectivity index (χ0n) is 15.7. The predicted molar refractivity (Wildman–Crippen MR) is 103 cm³/mol. The van der Waals surface area contributed by atoms with E-state index in [1.807, 2.05) is 27.7 Å². The second kappa shape index (κ2) is 6.23. The van der Waals surface area contributed by atoms with Crippen LogP contribution in [0.2, 0.25) is 10.0 Å². The molecule has 0 saturated carbocycles. The molecule has 0 radical (unpaired) electrons. The van der Waals surface area contributed by atoms with Crippen molar-refractivity contribution in [2.24, 2.45) is 0 Å². The highest BCUT2D eigenvalue weighted by atomic mass is 35.5. The van der Waals surface area contributed by atoms with Crippen LogP contribution in [-0.4, -0.2) is 28.1 Å². The first-order valence-electron chi connectivity index (χ1n) is 8.41. The lowest BCUT2D eigenvalue weighted by Gasteiger charge is -2.32. The number of alkyl halides is 1. The van der Waals surface area contributed by atoms with Crippen LogP contribution in [0.5, 0.6) is 0 Å². The van der Waals surface area contributed by atoms with Gasteiger partial charge in [0.15, 0.2) is 0 Å². The van der Waals surface area contributed by atoms with Crippen LogP contribution in [0.15, 0.2) is 24.5 Å². The number of halogens is 3. The highest BCUT2D eigenvalue weighted by Gasteiger charge is 2.52. The normalized spacial score (nSPS) is 19.2. The average molecular weight is 399 g/mol. The first kappa shape index (κ1) is 19.7. The van der Waals surface area contributed by atoms with Gasteiger partial charge in [0.1, 0.15) is 11.4 Å². The third-order valence-electron chi connectivity index (χ3n) is 5.06. The van der Waals surface area contributed by atoms with Crippen LogP contribution < -0.4 is 5.46 Å². The molecule has 1 fully saturated rings. The van der Waals surface area contributed by atoms with E-state index >= 15 is 0 Å². The van der Waals surface area contributed by atoms with Crippen molar-refractivity contribution in [1.82, 2.24) is 9.78 Å². The molecule has 8 heteroatoms. The van der Waals surface area contributed by atoms with E-state index in [2.05, 4.69) is 5.10 Å². The fraction of sp³-hybridized carbons (Fsp3) is 0.500. The third kappa shape index (κ3) is 3.40. The van der Waals surface area contributed by atoms with Crippen molar-refractivity contribution in [2.75, 3.05) is 0 Å². The minimum atomic E-state index is -1.54. The van der Waals surface area contributed by atoms with Gasteiger partial charge in [-0.25, -0.2) is 9.07 Å². The van der Waals surface area contributed by atoms with E-state index in [1.54, 1.807) is 29.2 Å². The summed E-state index contributed by atoms with van der Waals surface area (Å²) in [6.45, 7) is 10.9. The highest BCUT2D eigenvalue weighted by Crippen LogP contribution is 2.37. The summed E-state index contributed by atoms with van der Waals surface area (Å²) >= 11 is 12.7. The van der Waals surface area contributed by atoms with Gasteiger partial charge in [-0.05, 0) is 59.2 Å². The van der Waals surface area contributed by atoms with Gasteiger partial charge in [-0.15, -0.1) is 0 Å². The number of aromatic nitrogens is 2. The van der Waals surface area contributed by atoms with Gasteiger partial charge in [-0.3, -0.25) is 0 Å². The summed E-state index contributed by atoms with van der Waals surface area (Å²) in [5, 5.41) is 4.98. The van der Waals surface area contributed by atoms with Crippen LogP contribution >= 0.6 is 23.2 Å². The Balaban J connectivity index is 1.94. The van der Waals surface area contributed by atoms with Crippen molar-refractivity contribution in [2.45, 2.75) is 58.4 Å². The molecule has 0 aliphatic carbocycles. The fourth-order valence-corrected chi connectivity index (χ4v) is 3.35. The Morgan fingerprint density at radius 3 is 2.04 bits per heavy atom. The predicted octanol–water partition coefficient (Wildman–Crippen LogP) is 4.68. The summed E-state index contributed by atoms with van der Waals surface area (Å²) in [4.78, 5) is 0. The van der Waals surface area contributed by atoms with Gasteiger partial charge in [0.25, 0.3) is 0 Å². The van der Waals surface area contributed by atoms with Crippen molar-refractivity contribution in [3.05, 3.63) is 40.1 Å². The summed E-state index contributed by atoms with van der Waals surface area (Å²) in [7, 11) is -0.532. The van der Waals surface area contributed by atoms with E-state index in [-0.39, 0.29) is 0 Å². The summed E-state index contributed by atoms with van der Waals surface area (Å²) in [5.74, 6) is 0. The number of rotatable bonds is 3. The van der Waals surface area contributed by atoms with Crippen molar-refractivity contribution in [3.63, 3.8) is 0 Å². The van der Waals surface area contributed by atoms with Crippen molar-refractivity contribution < 1.29 is 13.7 Å². The molecule has 1 aromatic heterocycles. The maximum Gasteiger partial charge on any atom is 0.498 e. The Bertz CT molecular complexity index is 807. The molecule has 3 rings (SSSR count). The summed E-state index contributed by atoms with van der Waals surface area (Å²) in [6.07, 6.45) is 3.41. The number of hydrogen-bond donors (Lipinski definition) is 0. The maximum absolute atomic E-state index is 14.2. The van der Waals surface area contributed by atoms with Gasteiger partial charge in [-0.1, -0.05) is 23.2 Å². The Morgan fingerprint density at radius 1 is 1.08 bits per heavy atom. The molecule has 2 heterocycles. The van der Waals surface area contributed by atoms with E-state index in [9.17, 15) is 4.39 Å². The monoisotopic (exact) mass is 398 g/mol. The molecule has 1 aromatic carbocycles. The van der Waals surface area contributed by atoms with Crippen molar-refractivity contribution >= 4 is 35.8 Å². The molecular formula is C18H22BCl2FN2O2. The summed E-state index contributed by atoms with van der Waals surface area (Å²) in [6, 6.07) is 3.14. The molecule has 26 heavy (non-hydrogen) atoms. The van der Waals surface area contributed by atoms with E-state index in [0.29, 0.717) is 21.3 Å². The van der Waals surface area contributed by atoms with Crippen LogP contribution in [0.1, 0.15) is 47.1 Å². The molecule has 0 bridgehead atoms. The highest BCUT2D eigenvalue weighted by molar-refractivity contribution is 6.62. The topological polar surface area (TPSA) is 36.3 Å². The molecule has 1 aliphatic heterocycles. The molecule has 1 aliphatic rings. The molecule has 1 saturated heterocycles. The Labute approximate surface area is 163 Å². The standard InChI is InChI=1S/C18H22BCl2FN2O2/c1-16(2,22)11-7-13(20)15(14(21)8-11)24-10-12(9-23-24)19-25-17(3,4)18(5,6)26-19/h7-10H,1-6H3. The first-order valence-corrected chi connectivity index (χ1v) is 9.16. The molecule has 2 aromatic rings. The largest absolute Gasteiger partial charge is 0.498 e. The van der Waals surface area contributed by atoms with E-state index < -0.39 is 24.0 Å². The zero-order chi connectivity index (χ0) is 19.5. The quantitative estimate of drug-likeness (QED) is 0.704. The number of nitrogens with zero attached hydrogens (tertiary/aromatic N) is 2. The van der Waals surface area contributed by atoms with Gasteiger partial charge >= 0.3 is 7.12 Å². The van der Waals surface area contributed by atoms with Crippen molar-refractivity contribution in [3.8, 4) is 5.69 Å². The zero-order valence-corrected chi connectivity index (χ0v) is 17.2. The van der Waals surface area contributed by atoms with Crippen LogP contribution in [0.25, 0.3) is 5.69 Å². The molecule has 0 atom stereocenters. The van der Waals surface area contributed by atoms with Gasteiger partial charge < -0.3 is 9.31 Å². The minimum Gasteiger partial charge on any atom is -0.399 e. The van der Waals surface area contributed by atoms with Crippen LogP contribution in [0.3, 0.4) is 0 Å². The lowest BCUT2D eigenvalue weighted by atomic mass is 9.82. The molecule has 0 spiro atoms. The Hall–Kier alpha value is -1.08. The Morgan fingerprint density at radius 2 is 1.58 bits per heavy atom. The minimum absolute atomic E-state index is 0.321. The second-order valence-electron chi connectivity index (χ2n) is 8.07. The van der Waals surface area contributed by atoms with Crippen molar-refractivity contribution in [1.29, 1.82) is 0 Å². The average Bonchev–Trinajstić information content (AvgIpc) is 3.00. The molecule has 140 valence electrons. The van der Waals surface area contributed by atoms with Gasteiger partial charge in [0, 0.05) is 17.9 Å². The lowest BCUT2D eigenvalue weighted by Crippen LogP contribution is -2.41. The number of hydrogen-bond acceptors (Lipinski definition) is 3. The van der Waals surface area contributed by atoms with Gasteiger partial charge in [0.05, 0.1) is 21.2 Å². The SMILES string of the molecule is CC(C)(F)c1cc(Cl)c(-n2cc(B3OC(C)(C)C(C)(C)O3)cn2)c(Cl)c1. The van der Waals surface area contributed by atoms with Gasteiger partial charge in [0.2, 0.25) is 0 Å². The smallest absolute Gasteiger partial charge is 0.399 e. The Kier molecular flexibility index (Phi) is 4.72. The molecule has 4 nitrogen and oxygen atoms in total.